The minimum absolute atomic E-state index is 0.0677. The lowest BCUT2D eigenvalue weighted by Crippen LogP contribution is -2.13. The molecule has 21 heavy (non-hydrogen) atoms. The average Bonchev–Trinajstić information content (AvgIpc) is 2.88. The first-order chi connectivity index (χ1) is 10.2. The molecule has 0 radical (unpaired) electrons. The highest BCUT2D eigenvalue weighted by Gasteiger charge is 2.10. The molecule has 1 N–H and O–H groups in total. The van der Waals surface area contributed by atoms with Crippen LogP contribution in [0.1, 0.15) is 0 Å². The van der Waals surface area contributed by atoms with Crippen LogP contribution in [0.25, 0.3) is 11.0 Å². The first-order valence-electron chi connectivity index (χ1n) is 6.34. The van der Waals surface area contributed by atoms with Crippen molar-refractivity contribution >= 4 is 34.4 Å². The number of fused-ring (bicyclic) bond motifs is 1. The maximum absolute atomic E-state index is 11.9. The Balaban J connectivity index is 1.68. The minimum atomic E-state index is -0.0677. The third-order valence-electron chi connectivity index (χ3n) is 2.89. The van der Waals surface area contributed by atoms with E-state index in [9.17, 15) is 4.79 Å². The van der Waals surface area contributed by atoms with Crippen molar-refractivity contribution < 1.29 is 4.79 Å². The fourth-order valence-corrected chi connectivity index (χ4v) is 2.67. The molecule has 0 aliphatic heterocycles. The van der Waals surface area contributed by atoms with Crippen LogP contribution in [0.2, 0.25) is 0 Å². The molecule has 0 fully saturated rings. The zero-order chi connectivity index (χ0) is 14.7. The van der Waals surface area contributed by atoms with Gasteiger partial charge in [-0.05, 0) is 12.1 Å². The standard InChI is InChI=1S/C14H13N5OS/c1-19-13-11(7-17-19)14(16-9-15-13)21-8-12(20)18-10-5-3-2-4-6-10/h2-7,9H,8H2,1H3,(H,18,20). The SMILES string of the molecule is Cn1ncc2c(SCC(=O)Nc3ccccc3)ncnc21. The van der Waals surface area contributed by atoms with E-state index in [1.165, 1.54) is 18.1 Å². The van der Waals surface area contributed by atoms with Crippen LogP contribution in [0.5, 0.6) is 0 Å². The number of thioether (sulfide) groups is 1. The van der Waals surface area contributed by atoms with Gasteiger partial charge >= 0.3 is 0 Å². The van der Waals surface area contributed by atoms with Crippen molar-refractivity contribution in [3.05, 3.63) is 42.9 Å². The molecule has 2 aromatic heterocycles. The fraction of sp³-hybridized carbons (Fsp3) is 0.143. The molecule has 7 heteroatoms. The number of hydrogen-bond acceptors (Lipinski definition) is 5. The summed E-state index contributed by atoms with van der Waals surface area (Å²) in [5.74, 6) is 0.220. The van der Waals surface area contributed by atoms with Crippen LogP contribution in [0, 0.1) is 0 Å². The van der Waals surface area contributed by atoms with Crippen molar-refractivity contribution in [2.75, 3.05) is 11.1 Å². The number of aryl methyl sites for hydroxylation is 1. The van der Waals surface area contributed by atoms with Gasteiger partial charge in [-0.25, -0.2) is 9.97 Å². The van der Waals surface area contributed by atoms with Gasteiger partial charge in [0.2, 0.25) is 5.91 Å². The lowest BCUT2D eigenvalue weighted by Gasteiger charge is -2.05. The summed E-state index contributed by atoms with van der Waals surface area (Å²) < 4.78 is 1.69. The lowest BCUT2D eigenvalue weighted by molar-refractivity contribution is -0.113. The second-order valence-electron chi connectivity index (χ2n) is 4.39. The number of nitrogens with one attached hydrogen (secondary N) is 1. The van der Waals surface area contributed by atoms with Gasteiger partial charge in [0, 0.05) is 12.7 Å². The number of benzene rings is 1. The summed E-state index contributed by atoms with van der Waals surface area (Å²) in [6.07, 6.45) is 3.20. The number of amides is 1. The van der Waals surface area contributed by atoms with Crippen molar-refractivity contribution in [3.63, 3.8) is 0 Å². The summed E-state index contributed by atoms with van der Waals surface area (Å²) in [4.78, 5) is 20.3. The number of rotatable bonds is 4. The Morgan fingerprint density at radius 3 is 2.90 bits per heavy atom. The highest BCUT2D eigenvalue weighted by molar-refractivity contribution is 8.00. The highest BCUT2D eigenvalue weighted by atomic mass is 32.2. The number of para-hydroxylation sites is 1. The predicted molar refractivity (Wildman–Crippen MR) is 82.1 cm³/mol. The number of aromatic nitrogens is 4. The molecule has 0 spiro atoms. The summed E-state index contributed by atoms with van der Waals surface area (Å²) in [6, 6.07) is 9.38. The van der Waals surface area contributed by atoms with E-state index in [4.69, 9.17) is 0 Å². The Kier molecular flexibility index (Phi) is 3.83. The Morgan fingerprint density at radius 1 is 1.29 bits per heavy atom. The number of carbonyl (C=O) groups excluding carboxylic acids is 1. The van der Waals surface area contributed by atoms with Crippen molar-refractivity contribution in [3.8, 4) is 0 Å². The second kappa shape index (κ2) is 5.92. The first kappa shape index (κ1) is 13.6. The molecular formula is C14H13N5OS. The number of anilines is 1. The smallest absolute Gasteiger partial charge is 0.234 e. The first-order valence-corrected chi connectivity index (χ1v) is 7.33. The summed E-state index contributed by atoms with van der Waals surface area (Å²) in [5, 5.41) is 8.61. The van der Waals surface area contributed by atoms with Crippen molar-refractivity contribution in [1.29, 1.82) is 0 Å². The van der Waals surface area contributed by atoms with E-state index in [0.29, 0.717) is 0 Å². The zero-order valence-electron chi connectivity index (χ0n) is 11.4. The quantitative estimate of drug-likeness (QED) is 0.590. The van der Waals surface area contributed by atoms with Gasteiger partial charge in [0.25, 0.3) is 0 Å². The van der Waals surface area contributed by atoms with Crippen molar-refractivity contribution in [2.45, 2.75) is 5.03 Å². The van der Waals surface area contributed by atoms with Crippen LogP contribution in [0.4, 0.5) is 5.69 Å². The minimum Gasteiger partial charge on any atom is -0.325 e. The van der Waals surface area contributed by atoms with E-state index < -0.39 is 0 Å². The topological polar surface area (TPSA) is 72.7 Å². The molecule has 0 bridgehead atoms. The second-order valence-corrected chi connectivity index (χ2v) is 5.35. The maximum Gasteiger partial charge on any atom is 0.234 e. The average molecular weight is 299 g/mol. The van der Waals surface area contributed by atoms with Crippen LogP contribution in [0.3, 0.4) is 0 Å². The molecule has 2 heterocycles. The number of carbonyl (C=O) groups is 1. The summed E-state index contributed by atoms with van der Waals surface area (Å²) in [7, 11) is 1.83. The van der Waals surface area contributed by atoms with E-state index in [0.717, 1.165) is 21.7 Å². The van der Waals surface area contributed by atoms with Gasteiger partial charge in [-0.1, -0.05) is 30.0 Å². The van der Waals surface area contributed by atoms with E-state index in [2.05, 4.69) is 20.4 Å². The molecule has 0 aliphatic carbocycles. The van der Waals surface area contributed by atoms with Gasteiger partial charge < -0.3 is 5.32 Å². The van der Waals surface area contributed by atoms with E-state index >= 15 is 0 Å². The Hall–Kier alpha value is -2.41. The fourth-order valence-electron chi connectivity index (χ4n) is 1.91. The lowest BCUT2D eigenvalue weighted by atomic mass is 10.3. The normalized spacial score (nSPS) is 10.7. The summed E-state index contributed by atoms with van der Waals surface area (Å²) >= 11 is 1.37. The third kappa shape index (κ3) is 3.03. The molecule has 6 nitrogen and oxygen atoms in total. The monoisotopic (exact) mass is 299 g/mol. The molecule has 0 aliphatic rings. The Labute approximate surface area is 125 Å². The summed E-state index contributed by atoms with van der Waals surface area (Å²) in [5.41, 5.74) is 1.55. The van der Waals surface area contributed by atoms with Crippen LogP contribution in [-0.2, 0) is 11.8 Å². The van der Waals surface area contributed by atoms with Crippen molar-refractivity contribution in [1.82, 2.24) is 19.7 Å². The van der Waals surface area contributed by atoms with Crippen LogP contribution < -0.4 is 5.32 Å². The molecule has 0 saturated carbocycles. The van der Waals surface area contributed by atoms with Crippen LogP contribution in [-0.4, -0.2) is 31.4 Å². The molecular weight excluding hydrogens is 286 g/mol. The largest absolute Gasteiger partial charge is 0.325 e. The molecule has 0 atom stereocenters. The molecule has 106 valence electrons. The van der Waals surface area contributed by atoms with Crippen molar-refractivity contribution in [2.24, 2.45) is 7.05 Å². The molecule has 1 aromatic carbocycles. The highest BCUT2D eigenvalue weighted by Crippen LogP contribution is 2.23. The van der Waals surface area contributed by atoms with E-state index in [1.807, 2.05) is 37.4 Å². The zero-order valence-corrected chi connectivity index (χ0v) is 12.2. The Morgan fingerprint density at radius 2 is 2.10 bits per heavy atom. The van der Waals surface area contributed by atoms with Gasteiger partial charge in [-0.15, -0.1) is 0 Å². The van der Waals surface area contributed by atoms with E-state index in [-0.39, 0.29) is 11.7 Å². The number of hydrogen-bond donors (Lipinski definition) is 1. The van der Waals surface area contributed by atoms with Gasteiger partial charge in [0.05, 0.1) is 17.3 Å². The van der Waals surface area contributed by atoms with Gasteiger partial charge in [0.1, 0.15) is 11.4 Å². The molecule has 0 unspecified atom stereocenters. The maximum atomic E-state index is 11.9. The molecule has 0 saturated heterocycles. The summed E-state index contributed by atoms with van der Waals surface area (Å²) in [6.45, 7) is 0. The molecule has 3 aromatic rings. The third-order valence-corrected chi connectivity index (χ3v) is 3.90. The van der Waals surface area contributed by atoms with Gasteiger partial charge in [-0.2, -0.15) is 5.10 Å². The van der Waals surface area contributed by atoms with Gasteiger partial charge in [-0.3, -0.25) is 9.48 Å². The Bertz CT molecular complexity index is 771. The van der Waals surface area contributed by atoms with Crippen LogP contribution >= 0.6 is 11.8 Å². The van der Waals surface area contributed by atoms with Gasteiger partial charge in [0.15, 0.2) is 5.65 Å². The predicted octanol–water partition coefficient (Wildman–Crippen LogP) is 2.09. The molecule has 1 amide bonds. The number of nitrogens with zero attached hydrogens (tertiary/aromatic N) is 4. The van der Waals surface area contributed by atoms with E-state index in [1.54, 1.807) is 10.9 Å². The van der Waals surface area contributed by atoms with Crippen LogP contribution in [0.15, 0.2) is 47.9 Å². The molecule has 3 rings (SSSR count).